The minimum Gasteiger partial charge on any atom is -0.342 e. The molecule has 5 heteroatoms. The summed E-state index contributed by atoms with van der Waals surface area (Å²) in [4.78, 5) is 24.4. The van der Waals surface area contributed by atoms with Gasteiger partial charge >= 0.3 is 0 Å². The maximum absolute atomic E-state index is 11.8. The number of rotatable bonds is 1. The Morgan fingerprint density at radius 1 is 1.53 bits per heavy atom. The van der Waals surface area contributed by atoms with E-state index in [1.807, 2.05) is 13.8 Å². The number of hydrogen-bond donors (Lipinski definition) is 1. The molecule has 2 unspecified atom stereocenters. The topological polar surface area (TPSA) is 49.4 Å². The van der Waals surface area contributed by atoms with Crippen LogP contribution in [0.5, 0.6) is 0 Å². The second kappa shape index (κ2) is 3.56. The normalized spacial score (nSPS) is 29.8. The third-order valence-corrected chi connectivity index (χ3v) is 4.28. The minimum absolute atomic E-state index is 0.0132. The first-order valence-electron chi connectivity index (χ1n) is 4.90. The lowest BCUT2D eigenvalue weighted by Gasteiger charge is -2.49. The molecule has 82 valence electrons. The van der Waals surface area contributed by atoms with Crippen LogP contribution in [-0.2, 0) is 9.59 Å². The first-order chi connectivity index (χ1) is 7.02. The van der Waals surface area contributed by atoms with Gasteiger partial charge in [0.05, 0.1) is 0 Å². The molecule has 0 radical (unpaired) electrons. The number of amides is 2. The highest BCUT2D eigenvalue weighted by Gasteiger charge is 2.50. The fourth-order valence-corrected chi connectivity index (χ4v) is 3.28. The Bertz CT molecular complexity index is 364. The third kappa shape index (κ3) is 1.55. The summed E-state index contributed by atoms with van der Waals surface area (Å²) in [5.41, 5.74) is 2.29. The third-order valence-electron chi connectivity index (χ3n) is 2.85. The Labute approximate surface area is 93.1 Å². The van der Waals surface area contributed by atoms with Gasteiger partial charge in [-0.1, -0.05) is 0 Å². The van der Waals surface area contributed by atoms with Crippen molar-refractivity contribution in [2.24, 2.45) is 0 Å². The summed E-state index contributed by atoms with van der Waals surface area (Å²) in [6.07, 6.45) is 0. The van der Waals surface area contributed by atoms with E-state index in [0.29, 0.717) is 0 Å². The van der Waals surface area contributed by atoms with E-state index in [4.69, 9.17) is 0 Å². The minimum atomic E-state index is -0.324. The second-order valence-electron chi connectivity index (χ2n) is 3.95. The molecule has 0 aromatic carbocycles. The first kappa shape index (κ1) is 10.5. The summed E-state index contributed by atoms with van der Waals surface area (Å²) in [7, 11) is 0. The Morgan fingerprint density at radius 3 is 2.80 bits per heavy atom. The van der Waals surface area contributed by atoms with Crippen LogP contribution in [0.3, 0.4) is 0 Å². The van der Waals surface area contributed by atoms with E-state index in [0.717, 1.165) is 11.4 Å². The van der Waals surface area contributed by atoms with Crippen molar-refractivity contribution < 1.29 is 9.59 Å². The molecule has 0 bridgehead atoms. The van der Waals surface area contributed by atoms with Crippen LogP contribution >= 0.6 is 11.8 Å². The van der Waals surface area contributed by atoms with E-state index in [-0.39, 0.29) is 23.2 Å². The molecule has 0 aromatic heterocycles. The molecule has 2 amide bonds. The van der Waals surface area contributed by atoms with Crippen molar-refractivity contribution in [1.29, 1.82) is 0 Å². The van der Waals surface area contributed by atoms with Gasteiger partial charge in [-0.2, -0.15) is 0 Å². The van der Waals surface area contributed by atoms with Crippen molar-refractivity contribution in [3.8, 4) is 0 Å². The molecule has 2 aliphatic rings. The molecule has 0 aromatic rings. The molecule has 2 heterocycles. The largest absolute Gasteiger partial charge is 0.342 e. The van der Waals surface area contributed by atoms with Gasteiger partial charge in [0, 0.05) is 18.4 Å². The molecule has 2 atom stereocenters. The average Bonchev–Trinajstić information content (AvgIpc) is 2.18. The zero-order valence-electron chi connectivity index (χ0n) is 9.03. The summed E-state index contributed by atoms with van der Waals surface area (Å²) >= 11 is 1.71. The lowest BCUT2D eigenvalue weighted by atomic mass is 10.0. The molecule has 4 nitrogen and oxygen atoms in total. The maximum atomic E-state index is 11.8. The fraction of sp³-hybridized carbons (Fsp3) is 0.600. The van der Waals surface area contributed by atoms with Crippen molar-refractivity contribution in [1.82, 2.24) is 10.2 Å². The van der Waals surface area contributed by atoms with Gasteiger partial charge in [-0.05, 0) is 19.4 Å². The maximum Gasteiger partial charge on any atom is 0.253 e. The van der Waals surface area contributed by atoms with Crippen molar-refractivity contribution >= 4 is 23.6 Å². The first-order valence-corrected chi connectivity index (χ1v) is 5.95. The van der Waals surface area contributed by atoms with Gasteiger partial charge in [-0.15, -0.1) is 11.8 Å². The summed E-state index contributed by atoms with van der Waals surface area (Å²) in [5, 5.41) is 2.79. The van der Waals surface area contributed by atoms with Crippen LogP contribution in [0.1, 0.15) is 20.8 Å². The molecular formula is C10H14N2O2S. The highest BCUT2D eigenvalue weighted by Crippen LogP contribution is 2.39. The quantitative estimate of drug-likeness (QED) is 0.670. The second-order valence-corrected chi connectivity index (χ2v) is 5.06. The van der Waals surface area contributed by atoms with E-state index in [1.165, 1.54) is 12.5 Å². The molecule has 15 heavy (non-hydrogen) atoms. The molecule has 1 N–H and O–H groups in total. The smallest absolute Gasteiger partial charge is 0.253 e. The molecule has 0 aliphatic carbocycles. The van der Waals surface area contributed by atoms with Gasteiger partial charge in [0.15, 0.2) is 0 Å². The number of carbonyl (C=O) groups is 2. The molecule has 1 fully saturated rings. The van der Waals surface area contributed by atoms with Crippen LogP contribution in [0.25, 0.3) is 0 Å². The molecule has 0 spiro atoms. The molecule has 2 rings (SSSR count). The van der Waals surface area contributed by atoms with E-state index in [9.17, 15) is 9.59 Å². The van der Waals surface area contributed by atoms with E-state index in [2.05, 4.69) is 5.32 Å². The van der Waals surface area contributed by atoms with Crippen LogP contribution < -0.4 is 5.32 Å². The average molecular weight is 226 g/mol. The molecule has 1 saturated heterocycles. The standard InChI is InChI=1S/C10H14N2O2S/c1-5-4-15-10-8(11-7(3)13)9(14)12(10)6(5)2/h8,10H,4H2,1-3H3,(H,11,13). The van der Waals surface area contributed by atoms with Crippen LogP contribution in [0, 0.1) is 0 Å². The van der Waals surface area contributed by atoms with Crippen LogP contribution in [0.15, 0.2) is 11.3 Å². The Morgan fingerprint density at radius 2 is 2.20 bits per heavy atom. The highest BCUT2D eigenvalue weighted by atomic mass is 32.2. The number of nitrogens with one attached hydrogen (secondary N) is 1. The highest BCUT2D eigenvalue weighted by molar-refractivity contribution is 8.00. The number of fused-ring (bicyclic) bond motifs is 1. The van der Waals surface area contributed by atoms with E-state index in [1.54, 1.807) is 16.7 Å². The zero-order valence-corrected chi connectivity index (χ0v) is 9.85. The number of carbonyl (C=O) groups excluding carboxylic acids is 2. The monoisotopic (exact) mass is 226 g/mol. The number of allylic oxidation sites excluding steroid dienone is 1. The lowest BCUT2D eigenvalue weighted by Crippen LogP contribution is -2.69. The SMILES string of the molecule is CC(=O)NC1C(=O)N2C(C)=C(C)CSC12. The van der Waals surface area contributed by atoms with Gasteiger partial charge in [0.25, 0.3) is 5.91 Å². The van der Waals surface area contributed by atoms with Gasteiger partial charge < -0.3 is 5.32 Å². The molecular weight excluding hydrogens is 212 g/mol. The van der Waals surface area contributed by atoms with Gasteiger partial charge in [0.1, 0.15) is 11.4 Å². The van der Waals surface area contributed by atoms with Gasteiger partial charge in [0.2, 0.25) is 5.91 Å². The van der Waals surface area contributed by atoms with Crippen LogP contribution in [0.2, 0.25) is 0 Å². The van der Waals surface area contributed by atoms with Crippen molar-refractivity contribution in [2.75, 3.05) is 5.75 Å². The Balaban J connectivity index is 2.15. The lowest BCUT2D eigenvalue weighted by molar-refractivity contribution is -0.145. The van der Waals surface area contributed by atoms with E-state index < -0.39 is 0 Å². The summed E-state index contributed by atoms with van der Waals surface area (Å²) in [5.74, 6) is 0.813. The van der Waals surface area contributed by atoms with E-state index >= 15 is 0 Å². The Kier molecular flexibility index (Phi) is 2.50. The number of hydrogen-bond acceptors (Lipinski definition) is 3. The predicted molar refractivity (Wildman–Crippen MR) is 59.1 cm³/mol. The Hall–Kier alpha value is -0.970. The predicted octanol–water partition coefficient (Wildman–Crippen LogP) is 0.700. The van der Waals surface area contributed by atoms with Gasteiger partial charge in [-0.25, -0.2) is 0 Å². The van der Waals surface area contributed by atoms with Crippen LogP contribution in [0.4, 0.5) is 0 Å². The fourth-order valence-electron chi connectivity index (χ4n) is 1.86. The van der Waals surface area contributed by atoms with Crippen LogP contribution in [-0.4, -0.2) is 33.9 Å². The van der Waals surface area contributed by atoms with Crippen molar-refractivity contribution in [3.05, 3.63) is 11.3 Å². The van der Waals surface area contributed by atoms with Gasteiger partial charge in [-0.3, -0.25) is 14.5 Å². The number of thioether (sulfide) groups is 1. The summed E-state index contributed by atoms with van der Waals surface area (Å²) in [6, 6.07) is -0.324. The zero-order chi connectivity index (χ0) is 11.2. The van der Waals surface area contributed by atoms with Crippen molar-refractivity contribution in [3.63, 3.8) is 0 Å². The molecule has 2 aliphatic heterocycles. The molecule has 0 saturated carbocycles. The van der Waals surface area contributed by atoms with Crippen molar-refractivity contribution in [2.45, 2.75) is 32.2 Å². The summed E-state index contributed by atoms with van der Waals surface area (Å²) < 4.78 is 0. The number of β-lactam (4-membered cyclic amide) rings is 1. The number of nitrogens with zero attached hydrogens (tertiary/aromatic N) is 1. The summed E-state index contributed by atoms with van der Waals surface area (Å²) in [6.45, 7) is 5.44.